The lowest BCUT2D eigenvalue weighted by molar-refractivity contribution is -0.132. The normalized spacial score (nSPS) is 17.7. The van der Waals surface area contributed by atoms with Crippen molar-refractivity contribution in [3.63, 3.8) is 0 Å². The molecule has 1 fully saturated rings. The molecule has 1 unspecified atom stereocenters. The Kier molecular flexibility index (Phi) is 6.47. The third kappa shape index (κ3) is 4.32. The molecule has 1 aliphatic rings. The first-order valence-electron chi connectivity index (χ1n) is 11.3. The fourth-order valence-electron chi connectivity index (χ4n) is 4.26. The van der Waals surface area contributed by atoms with Crippen LogP contribution in [0.3, 0.4) is 0 Å². The molecular weight excluding hydrogens is 462 g/mol. The zero-order valence-electron chi connectivity index (χ0n) is 20.7. The van der Waals surface area contributed by atoms with Gasteiger partial charge in [-0.25, -0.2) is 0 Å². The number of aliphatic hydroxyl groups is 1. The maximum atomic E-state index is 13.5. The third-order valence-corrected chi connectivity index (χ3v) is 7.34. The summed E-state index contributed by atoms with van der Waals surface area (Å²) in [7, 11) is 3.08. The number of hydrogen-bond donors (Lipinski definition) is 1. The van der Waals surface area contributed by atoms with E-state index in [1.165, 1.54) is 23.3 Å². The quantitative estimate of drug-likeness (QED) is 0.269. The largest absolute Gasteiger partial charge is 0.507 e. The molecule has 7 heteroatoms. The van der Waals surface area contributed by atoms with E-state index in [2.05, 4.69) is 20.8 Å². The summed E-state index contributed by atoms with van der Waals surface area (Å²) in [6, 6.07) is 13.7. The second kappa shape index (κ2) is 9.23. The zero-order valence-corrected chi connectivity index (χ0v) is 21.5. The van der Waals surface area contributed by atoms with Crippen LogP contribution < -0.4 is 14.4 Å². The molecule has 4 rings (SSSR count). The highest BCUT2D eigenvalue weighted by Gasteiger charge is 2.48. The van der Waals surface area contributed by atoms with Crippen molar-refractivity contribution >= 4 is 34.5 Å². The number of Topliss-reactive ketones (excluding diaryl/α,β-unsaturated/α-hetero) is 1. The van der Waals surface area contributed by atoms with Crippen LogP contribution in [0.2, 0.25) is 0 Å². The van der Waals surface area contributed by atoms with E-state index < -0.39 is 17.7 Å². The van der Waals surface area contributed by atoms with Crippen molar-refractivity contribution in [2.24, 2.45) is 0 Å². The Balaban J connectivity index is 1.97. The Labute approximate surface area is 209 Å². The van der Waals surface area contributed by atoms with Crippen LogP contribution in [0.25, 0.3) is 5.76 Å². The minimum Gasteiger partial charge on any atom is -0.507 e. The van der Waals surface area contributed by atoms with Gasteiger partial charge < -0.3 is 14.6 Å². The second-order valence-electron chi connectivity index (χ2n) is 9.50. The minimum atomic E-state index is -0.772. The van der Waals surface area contributed by atoms with Gasteiger partial charge in [-0.3, -0.25) is 14.5 Å². The Hall–Kier alpha value is -3.58. The standard InChI is InChI=1S/C28H29NO5S/c1-16-13-14-35-26(16)23-22(24(30)20-15-17(28(2,3)4)7-12-21(20)34-6)25(31)27(32)29(23)18-8-10-19(33-5)11-9-18/h7-15,23,30H,1-6H3/b24-22+. The van der Waals surface area contributed by atoms with Crippen LogP contribution in [-0.2, 0) is 15.0 Å². The Morgan fingerprint density at radius 1 is 1.00 bits per heavy atom. The van der Waals surface area contributed by atoms with E-state index in [1.807, 2.05) is 30.5 Å². The average molecular weight is 492 g/mol. The number of carbonyl (C=O) groups excluding carboxylic acids is 2. The molecule has 1 atom stereocenters. The predicted octanol–water partition coefficient (Wildman–Crippen LogP) is 6.00. The van der Waals surface area contributed by atoms with Gasteiger partial charge >= 0.3 is 0 Å². The molecule has 0 saturated carbocycles. The number of benzene rings is 2. The van der Waals surface area contributed by atoms with Crippen molar-refractivity contribution in [2.75, 3.05) is 19.1 Å². The number of hydrogen-bond acceptors (Lipinski definition) is 6. The fourth-order valence-corrected chi connectivity index (χ4v) is 5.28. The lowest BCUT2D eigenvalue weighted by Crippen LogP contribution is -2.29. The molecule has 1 saturated heterocycles. The number of aliphatic hydroxyl groups excluding tert-OH is 1. The highest BCUT2D eigenvalue weighted by molar-refractivity contribution is 7.10. The van der Waals surface area contributed by atoms with Crippen LogP contribution in [0.5, 0.6) is 11.5 Å². The van der Waals surface area contributed by atoms with Gasteiger partial charge in [0.1, 0.15) is 23.3 Å². The molecule has 2 heterocycles. The van der Waals surface area contributed by atoms with E-state index >= 15 is 0 Å². The molecule has 2 aromatic carbocycles. The summed E-state index contributed by atoms with van der Waals surface area (Å²) in [5.41, 5.74) is 2.67. The van der Waals surface area contributed by atoms with Crippen LogP contribution in [-0.4, -0.2) is 31.0 Å². The molecular formula is C28H29NO5S. The molecule has 35 heavy (non-hydrogen) atoms. The SMILES string of the molecule is COc1ccc(N2C(=O)C(=O)/C(=C(/O)c3cc(C(C)(C)C)ccc3OC)C2c2sccc2C)cc1. The molecule has 1 aromatic heterocycles. The monoisotopic (exact) mass is 491 g/mol. The van der Waals surface area contributed by atoms with Gasteiger partial charge in [0.15, 0.2) is 0 Å². The van der Waals surface area contributed by atoms with Crippen molar-refractivity contribution in [1.29, 1.82) is 0 Å². The highest BCUT2D eigenvalue weighted by Crippen LogP contribution is 2.46. The van der Waals surface area contributed by atoms with Crippen molar-refractivity contribution in [1.82, 2.24) is 0 Å². The van der Waals surface area contributed by atoms with Gasteiger partial charge in [-0.2, -0.15) is 0 Å². The molecule has 6 nitrogen and oxygen atoms in total. The van der Waals surface area contributed by atoms with Gasteiger partial charge in [0.2, 0.25) is 0 Å². The fraction of sp³-hybridized carbons (Fsp3) is 0.286. The number of amides is 1. The molecule has 1 N–H and O–H groups in total. The summed E-state index contributed by atoms with van der Waals surface area (Å²) in [6.07, 6.45) is 0. The summed E-state index contributed by atoms with van der Waals surface area (Å²) >= 11 is 1.44. The molecule has 1 amide bonds. The minimum absolute atomic E-state index is 0.0423. The number of methoxy groups -OCH3 is 2. The van der Waals surface area contributed by atoms with Crippen molar-refractivity contribution in [3.8, 4) is 11.5 Å². The molecule has 0 bridgehead atoms. The van der Waals surface area contributed by atoms with Gasteiger partial charge in [0, 0.05) is 10.6 Å². The van der Waals surface area contributed by atoms with E-state index in [0.29, 0.717) is 22.7 Å². The third-order valence-electron chi connectivity index (χ3n) is 6.27. The van der Waals surface area contributed by atoms with E-state index in [4.69, 9.17) is 9.47 Å². The van der Waals surface area contributed by atoms with E-state index in [0.717, 1.165) is 16.0 Å². The molecule has 182 valence electrons. The van der Waals surface area contributed by atoms with E-state index in [-0.39, 0.29) is 16.7 Å². The lowest BCUT2D eigenvalue weighted by atomic mass is 9.85. The number of thiophene rings is 1. The molecule has 3 aromatic rings. The number of nitrogens with zero attached hydrogens (tertiary/aromatic N) is 1. The number of carbonyl (C=O) groups is 2. The van der Waals surface area contributed by atoms with Gasteiger partial charge in [0.05, 0.1) is 25.4 Å². The second-order valence-corrected chi connectivity index (χ2v) is 10.4. The number of anilines is 1. The Morgan fingerprint density at radius 3 is 2.23 bits per heavy atom. The van der Waals surface area contributed by atoms with Gasteiger partial charge in [-0.05, 0) is 71.3 Å². The zero-order chi connectivity index (χ0) is 25.5. The number of rotatable bonds is 5. The molecule has 0 radical (unpaired) electrons. The summed E-state index contributed by atoms with van der Waals surface area (Å²) in [5.74, 6) is -0.620. The maximum absolute atomic E-state index is 13.5. The van der Waals surface area contributed by atoms with Crippen molar-refractivity contribution in [2.45, 2.75) is 39.2 Å². The van der Waals surface area contributed by atoms with Gasteiger partial charge in [-0.1, -0.05) is 26.8 Å². The predicted molar refractivity (Wildman–Crippen MR) is 139 cm³/mol. The van der Waals surface area contributed by atoms with Gasteiger partial charge in [-0.15, -0.1) is 11.3 Å². The topological polar surface area (TPSA) is 76.1 Å². The van der Waals surface area contributed by atoms with Gasteiger partial charge in [0.25, 0.3) is 11.7 Å². The summed E-state index contributed by atoms with van der Waals surface area (Å²) in [6.45, 7) is 8.13. The average Bonchev–Trinajstić information content (AvgIpc) is 3.37. The summed E-state index contributed by atoms with van der Waals surface area (Å²) < 4.78 is 10.8. The van der Waals surface area contributed by atoms with Crippen LogP contribution in [0.15, 0.2) is 59.5 Å². The number of aryl methyl sites for hydroxylation is 1. The first kappa shape index (κ1) is 24.5. The molecule has 1 aliphatic heterocycles. The van der Waals surface area contributed by atoms with Crippen LogP contribution in [0.1, 0.15) is 48.4 Å². The first-order chi connectivity index (χ1) is 16.6. The van der Waals surface area contributed by atoms with Crippen LogP contribution in [0, 0.1) is 6.92 Å². The Bertz CT molecular complexity index is 1310. The van der Waals surface area contributed by atoms with Crippen molar-refractivity contribution < 1.29 is 24.2 Å². The number of ether oxygens (including phenoxy) is 2. The Morgan fingerprint density at radius 2 is 1.69 bits per heavy atom. The number of ketones is 1. The van der Waals surface area contributed by atoms with Crippen LogP contribution >= 0.6 is 11.3 Å². The molecule has 0 spiro atoms. The first-order valence-corrected chi connectivity index (χ1v) is 12.1. The lowest BCUT2D eigenvalue weighted by Gasteiger charge is -2.25. The smallest absolute Gasteiger partial charge is 0.300 e. The van der Waals surface area contributed by atoms with E-state index in [1.54, 1.807) is 37.4 Å². The highest BCUT2D eigenvalue weighted by atomic mass is 32.1. The van der Waals surface area contributed by atoms with E-state index in [9.17, 15) is 14.7 Å². The summed E-state index contributed by atoms with van der Waals surface area (Å²) in [4.78, 5) is 29.1. The summed E-state index contributed by atoms with van der Waals surface area (Å²) in [5, 5.41) is 13.5. The van der Waals surface area contributed by atoms with Crippen molar-refractivity contribution in [3.05, 3.63) is 81.1 Å². The molecule has 0 aliphatic carbocycles. The maximum Gasteiger partial charge on any atom is 0.300 e. The van der Waals surface area contributed by atoms with Crippen LogP contribution in [0.4, 0.5) is 5.69 Å².